The Morgan fingerprint density at radius 2 is 1.72 bits per heavy atom. The second-order valence-electron chi connectivity index (χ2n) is 9.78. The minimum atomic E-state index is -3.87. The Kier molecular flexibility index (Phi) is 7.72. The summed E-state index contributed by atoms with van der Waals surface area (Å²) in [5.74, 6) is 0.0144. The highest BCUT2D eigenvalue weighted by Crippen LogP contribution is 2.33. The van der Waals surface area contributed by atoms with Crippen molar-refractivity contribution in [2.24, 2.45) is 5.92 Å². The normalized spacial score (nSPS) is 20.4. The van der Waals surface area contributed by atoms with Gasteiger partial charge in [-0.05, 0) is 56.2 Å². The second kappa shape index (κ2) is 9.81. The van der Waals surface area contributed by atoms with E-state index in [1.165, 1.54) is 0 Å². The van der Waals surface area contributed by atoms with Gasteiger partial charge in [0.2, 0.25) is 15.9 Å². The molecular formula is C23H36N2O5S2. The predicted octanol–water partition coefficient (Wildman–Crippen LogP) is 3.04. The lowest BCUT2D eigenvalue weighted by molar-refractivity contribution is -0.139. The van der Waals surface area contributed by atoms with Gasteiger partial charge in [-0.3, -0.25) is 4.79 Å². The molecule has 0 atom stereocenters. The summed E-state index contributed by atoms with van der Waals surface area (Å²) in [6.45, 7) is 6.30. The number of hydrogen-bond donors (Lipinski definition) is 1. The van der Waals surface area contributed by atoms with Gasteiger partial charge in [-0.2, -0.15) is 4.72 Å². The number of nitrogens with zero attached hydrogens (tertiary/aromatic N) is 1. The third-order valence-corrected chi connectivity index (χ3v) is 10.7. The first-order valence-corrected chi connectivity index (χ1v) is 14.8. The average molecular weight is 485 g/mol. The molecule has 0 aromatic heterocycles. The third kappa shape index (κ3) is 5.72. The summed E-state index contributed by atoms with van der Waals surface area (Å²) in [7, 11) is -7.06. The number of rotatable bonds is 7. The second-order valence-corrected chi connectivity index (χ2v) is 13.8. The van der Waals surface area contributed by atoms with Gasteiger partial charge in [-0.25, -0.2) is 16.8 Å². The van der Waals surface area contributed by atoms with Crippen LogP contribution in [0.3, 0.4) is 0 Å². The van der Waals surface area contributed by atoms with Gasteiger partial charge in [0.05, 0.1) is 15.9 Å². The molecule has 32 heavy (non-hydrogen) atoms. The van der Waals surface area contributed by atoms with E-state index >= 15 is 0 Å². The van der Waals surface area contributed by atoms with Gasteiger partial charge in [-0.1, -0.05) is 45.2 Å². The van der Waals surface area contributed by atoms with E-state index in [1.54, 1.807) is 23.1 Å². The minimum Gasteiger partial charge on any atom is -0.341 e. The summed E-state index contributed by atoms with van der Waals surface area (Å²) in [4.78, 5) is 15.5. The van der Waals surface area contributed by atoms with E-state index in [1.807, 2.05) is 26.8 Å². The molecule has 9 heteroatoms. The highest BCUT2D eigenvalue weighted by Gasteiger charge is 2.46. The molecule has 2 fully saturated rings. The first-order valence-electron chi connectivity index (χ1n) is 11.6. The molecular weight excluding hydrogens is 448 g/mol. The smallest absolute Gasteiger partial charge is 0.243 e. The van der Waals surface area contributed by atoms with Crippen LogP contribution in [0.2, 0.25) is 0 Å². The summed E-state index contributed by atoms with van der Waals surface area (Å²) >= 11 is 0. The van der Waals surface area contributed by atoms with E-state index in [4.69, 9.17) is 0 Å². The number of sulfone groups is 1. The first-order chi connectivity index (χ1) is 15.0. The molecule has 1 heterocycles. The Bertz CT molecular complexity index is 1020. The molecule has 1 aliphatic heterocycles. The fraction of sp³-hybridized carbons (Fsp3) is 0.696. The van der Waals surface area contributed by atoms with Gasteiger partial charge in [-0.15, -0.1) is 0 Å². The maximum Gasteiger partial charge on any atom is 0.243 e. The Balaban J connectivity index is 1.77. The van der Waals surface area contributed by atoms with Crippen LogP contribution in [0.1, 0.15) is 64.4 Å². The zero-order chi connectivity index (χ0) is 23.6. The summed E-state index contributed by atoms with van der Waals surface area (Å²) in [5.41, 5.74) is -0.327. The molecule has 1 aromatic carbocycles. The maximum atomic E-state index is 13.6. The lowest BCUT2D eigenvalue weighted by Crippen LogP contribution is -2.61. The topological polar surface area (TPSA) is 101 Å². The van der Waals surface area contributed by atoms with Crippen LogP contribution in [0, 0.1) is 12.8 Å². The Morgan fingerprint density at radius 1 is 1.09 bits per heavy atom. The maximum absolute atomic E-state index is 13.6. The molecule has 1 amide bonds. The summed E-state index contributed by atoms with van der Waals surface area (Å²) in [5, 5.41) is -0.430. The molecule has 1 aliphatic carbocycles. The lowest BCUT2D eigenvalue weighted by Gasteiger charge is -2.42. The number of amides is 1. The fourth-order valence-corrected chi connectivity index (χ4v) is 8.59. The van der Waals surface area contributed by atoms with E-state index in [0.29, 0.717) is 38.8 Å². The molecule has 0 spiro atoms. The van der Waals surface area contributed by atoms with E-state index in [-0.39, 0.29) is 22.5 Å². The van der Waals surface area contributed by atoms with Crippen LogP contribution in [0.25, 0.3) is 0 Å². The van der Waals surface area contributed by atoms with Crippen molar-refractivity contribution in [3.8, 4) is 0 Å². The SMILES string of the molecule is Cc1cccc(S(=O)(=O)NC2(C(=O)N3CCC(S(=O)(=O)CC(C)C)CC3)CCCCC2)c1. The predicted molar refractivity (Wildman–Crippen MR) is 126 cm³/mol. The van der Waals surface area contributed by atoms with Crippen LogP contribution in [-0.2, 0) is 24.7 Å². The number of aryl methyl sites for hydroxylation is 1. The first kappa shape index (κ1) is 25.2. The van der Waals surface area contributed by atoms with Crippen molar-refractivity contribution in [1.29, 1.82) is 0 Å². The Morgan fingerprint density at radius 3 is 2.28 bits per heavy atom. The van der Waals surface area contributed by atoms with E-state index in [2.05, 4.69) is 4.72 Å². The zero-order valence-corrected chi connectivity index (χ0v) is 21.0. The van der Waals surface area contributed by atoms with Gasteiger partial charge in [0.25, 0.3) is 0 Å². The van der Waals surface area contributed by atoms with Crippen molar-refractivity contribution in [3.05, 3.63) is 29.8 Å². The molecule has 1 saturated carbocycles. The molecule has 1 N–H and O–H groups in total. The van der Waals surface area contributed by atoms with Crippen molar-refractivity contribution in [2.45, 2.75) is 81.4 Å². The number of hydrogen-bond acceptors (Lipinski definition) is 5. The van der Waals surface area contributed by atoms with Crippen molar-refractivity contribution in [1.82, 2.24) is 9.62 Å². The summed E-state index contributed by atoms with van der Waals surface area (Å²) < 4.78 is 54.3. The summed E-state index contributed by atoms with van der Waals surface area (Å²) in [6.07, 6.45) is 4.26. The van der Waals surface area contributed by atoms with Crippen molar-refractivity contribution >= 4 is 25.8 Å². The van der Waals surface area contributed by atoms with Gasteiger partial charge < -0.3 is 4.90 Å². The molecule has 0 radical (unpaired) electrons. The molecule has 0 bridgehead atoms. The number of piperidine rings is 1. The van der Waals surface area contributed by atoms with Gasteiger partial charge >= 0.3 is 0 Å². The highest BCUT2D eigenvalue weighted by molar-refractivity contribution is 7.92. The largest absolute Gasteiger partial charge is 0.341 e. The number of carbonyl (C=O) groups is 1. The molecule has 3 rings (SSSR count). The van der Waals surface area contributed by atoms with Crippen molar-refractivity contribution in [3.63, 3.8) is 0 Å². The van der Waals surface area contributed by atoms with Crippen LogP contribution in [0.4, 0.5) is 0 Å². The molecule has 1 aromatic rings. The van der Waals surface area contributed by atoms with E-state index in [9.17, 15) is 21.6 Å². The average Bonchev–Trinajstić information content (AvgIpc) is 2.73. The minimum absolute atomic E-state index is 0.0706. The number of likely N-dealkylation sites (tertiary alicyclic amines) is 1. The van der Waals surface area contributed by atoms with Gasteiger partial charge in [0.1, 0.15) is 5.54 Å². The number of nitrogens with one attached hydrogen (secondary N) is 1. The van der Waals surface area contributed by atoms with Crippen molar-refractivity contribution in [2.75, 3.05) is 18.8 Å². The van der Waals surface area contributed by atoms with Crippen LogP contribution in [-0.4, -0.2) is 57.3 Å². The van der Waals surface area contributed by atoms with Gasteiger partial charge in [0, 0.05) is 13.1 Å². The molecule has 180 valence electrons. The molecule has 1 saturated heterocycles. The lowest BCUT2D eigenvalue weighted by atomic mass is 9.81. The van der Waals surface area contributed by atoms with Gasteiger partial charge in [0.15, 0.2) is 9.84 Å². The van der Waals surface area contributed by atoms with Crippen LogP contribution >= 0.6 is 0 Å². The van der Waals surface area contributed by atoms with Crippen LogP contribution in [0.15, 0.2) is 29.2 Å². The monoisotopic (exact) mass is 484 g/mol. The number of benzene rings is 1. The van der Waals surface area contributed by atoms with Crippen LogP contribution in [0.5, 0.6) is 0 Å². The standard InChI is InChI=1S/C23H36N2O5S2/c1-18(2)17-31(27,28)20-10-14-25(15-11-20)22(26)23(12-5-4-6-13-23)24-32(29,30)21-9-7-8-19(3)16-21/h7-9,16,18,20,24H,4-6,10-15,17H2,1-3H3. The molecule has 7 nitrogen and oxygen atoms in total. The van der Waals surface area contributed by atoms with Crippen molar-refractivity contribution < 1.29 is 21.6 Å². The molecule has 0 unspecified atom stereocenters. The highest BCUT2D eigenvalue weighted by atomic mass is 32.2. The zero-order valence-electron chi connectivity index (χ0n) is 19.3. The Hall–Kier alpha value is -1.45. The van der Waals surface area contributed by atoms with E-state index in [0.717, 1.165) is 24.8 Å². The fourth-order valence-electron chi connectivity index (χ4n) is 4.93. The Labute approximate surface area is 192 Å². The number of carbonyl (C=O) groups excluding carboxylic acids is 1. The molecule has 2 aliphatic rings. The third-order valence-electron chi connectivity index (χ3n) is 6.55. The van der Waals surface area contributed by atoms with E-state index < -0.39 is 30.6 Å². The summed E-state index contributed by atoms with van der Waals surface area (Å²) in [6, 6.07) is 6.68. The number of sulfonamides is 1. The van der Waals surface area contributed by atoms with Crippen LogP contribution < -0.4 is 4.72 Å². The quantitative estimate of drug-likeness (QED) is 0.641.